The van der Waals surface area contributed by atoms with E-state index in [2.05, 4.69) is 96.0 Å². The van der Waals surface area contributed by atoms with Crippen molar-refractivity contribution in [3.05, 3.63) is 176 Å². The second kappa shape index (κ2) is 11.2. The summed E-state index contributed by atoms with van der Waals surface area (Å²) in [5.74, 6) is 0.292. The van der Waals surface area contributed by atoms with Crippen LogP contribution in [0.15, 0.2) is 176 Å². The van der Waals surface area contributed by atoms with E-state index in [4.69, 9.17) is 11.8 Å². The van der Waals surface area contributed by atoms with E-state index in [0.717, 1.165) is 60.6 Å². The van der Waals surface area contributed by atoms with E-state index in [1.807, 2.05) is 53.2 Å². The van der Waals surface area contributed by atoms with Gasteiger partial charge in [-0.25, -0.2) is 4.98 Å². The summed E-state index contributed by atoms with van der Waals surface area (Å²) in [6.45, 7) is 0. The molecule has 7 aromatic carbocycles. The van der Waals surface area contributed by atoms with Gasteiger partial charge in [-0.05, 0) is 85.3 Å². The zero-order chi connectivity index (χ0) is 35.5. The minimum atomic E-state index is -0.432. The first-order chi connectivity index (χ1) is 25.4. The van der Waals surface area contributed by atoms with Crippen LogP contribution in [-0.2, 0) is 0 Å². The van der Waals surface area contributed by atoms with Crippen LogP contribution in [0.3, 0.4) is 0 Å². The SMILES string of the molecule is [2H]c1c([2H])c([2H])c(-c2nc3ccccc3n2-c2ccc(-c3c4ccccc4c(-c4ccc(-c5cccnc5)cc4)c4ccccc34)cc2)c([2H])c1[2H]. The molecule has 3 heteroatoms. The molecule has 9 rings (SSSR count). The van der Waals surface area contributed by atoms with Crippen LogP contribution in [0.25, 0.3) is 83.0 Å². The third kappa shape index (κ3) is 4.60. The molecule has 0 saturated carbocycles. The summed E-state index contributed by atoms with van der Waals surface area (Å²) in [6, 6.07) is 43.8. The summed E-state index contributed by atoms with van der Waals surface area (Å²) in [7, 11) is 0. The number of nitrogens with zero attached hydrogens (tertiary/aromatic N) is 3. The number of pyridine rings is 1. The smallest absolute Gasteiger partial charge is 0.145 e. The highest BCUT2D eigenvalue weighted by atomic mass is 15.1. The zero-order valence-electron chi connectivity index (χ0n) is 30.2. The second-order valence-corrected chi connectivity index (χ2v) is 11.5. The van der Waals surface area contributed by atoms with E-state index >= 15 is 0 Å². The van der Waals surface area contributed by atoms with Crippen molar-refractivity contribution in [2.24, 2.45) is 0 Å². The number of hydrogen-bond donors (Lipinski definition) is 0. The van der Waals surface area contributed by atoms with Crippen molar-refractivity contribution in [1.82, 2.24) is 14.5 Å². The summed E-state index contributed by atoms with van der Waals surface area (Å²) >= 11 is 0. The monoisotopic (exact) mass is 604 g/mol. The lowest BCUT2D eigenvalue weighted by Crippen LogP contribution is -1.97. The van der Waals surface area contributed by atoms with Crippen LogP contribution in [0, 0.1) is 0 Å². The van der Waals surface area contributed by atoms with Gasteiger partial charge in [-0.15, -0.1) is 0 Å². The van der Waals surface area contributed by atoms with E-state index < -0.39 is 18.1 Å². The van der Waals surface area contributed by atoms with Crippen molar-refractivity contribution in [2.45, 2.75) is 0 Å². The van der Waals surface area contributed by atoms with Gasteiger partial charge in [0.2, 0.25) is 0 Å². The molecule has 3 nitrogen and oxygen atoms in total. The molecule has 0 fully saturated rings. The van der Waals surface area contributed by atoms with E-state index in [1.54, 1.807) is 6.20 Å². The van der Waals surface area contributed by atoms with Gasteiger partial charge in [-0.1, -0.05) is 133 Å². The Labute approximate surface area is 280 Å². The quantitative estimate of drug-likeness (QED) is 0.183. The molecule has 47 heavy (non-hydrogen) atoms. The average molecular weight is 605 g/mol. The maximum atomic E-state index is 8.71. The van der Waals surface area contributed by atoms with Crippen molar-refractivity contribution < 1.29 is 6.85 Å². The van der Waals surface area contributed by atoms with Gasteiger partial charge in [0.15, 0.2) is 0 Å². The minimum Gasteiger partial charge on any atom is -0.292 e. The molecule has 0 saturated heterocycles. The van der Waals surface area contributed by atoms with Crippen molar-refractivity contribution in [1.29, 1.82) is 0 Å². The molecular formula is C44H29N3. The molecule has 2 aromatic heterocycles. The van der Waals surface area contributed by atoms with Crippen LogP contribution in [0.1, 0.15) is 6.85 Å². The number of benzene rings is 7. The molecule has 2 heterocycles. The number of imidazole rings is 1. The number of aromatic nitrogens is 3. The maximum Gasteiger partial charge on any atom is 0.145 e. The molecule has 0 bridgehead atoms. The average Bonchev–Trinajstić information content (AvgIpc) is 3.58. The topological polar surface area (TPSA) is 30.7 Å². The molecule has 0 aliphatic rings. The fraction of sp³-hybridized carbons (Fsp3) is 0. The lowest BCUT2D eigenvalue weighted by Gasteiger charge is -2.18. The molecule has 0 N–H and O–H groups in total. The van der Waals surface area contributed by atoms with Crippen molar-refractivity contribution >= 4 is 32.6 Å². The summed E-state index contributed by atoms with van der Waals surface area (Å²) < 4.78 is 44.0. The van der Waals surface area contributed by atoms with Crippen molar-refractivity contribution in [3.8, 4) is 50.5 Å². The van der Waals surface area contributed by atoms with E-state index in [9.17, 15) is 0 Å². The molecule has 0 radical (unpaired) electrons. The van der Waals surface area contributed by atoms with Crippen LogP contribution >= 0.6 is 0 Å². The van der Waals surface area contributed by atoms with Gasteiger partial charge < -0.3 is 0 Å². The Kier molecular flexibility index (Phi) is 5.32. The van der Waals surface area contributed by atoms with Crippen LogP contribution in [0.2, 0.25) is 0 Å². The van der Waals surface area contributed by atoms with Gasteiger partial charge in [0.25, 0.3) is 0 Å². The van der Waals surface area contributed by atoms with E-state index in [1.165, 1.54) is 5.56 Å². The van der Waals surface area contributed by atoms with E-state index in [-0.39, 0.29) is 17.6 Å². The molecule has 0 aliphatic carbocycles. The highest BCUT2D eigenvalue weighted by Gasteiger charge is 2.18. The fourth-order valence-corrected chi connectivity index (χ4v) is 6.71. The Morgan fingerprint density at radius 3 is 1.62 bits per heavy atom. The Hall–Kier alpha value is -6.32. The van der Waals surface area contributed by atoms with Gasteiger partial charge in [-0.3, -0.25) is 9.55 Å². The van der Waals surface area contributed by atoms with E-state index in [0.29, 0.717) is 11.3 Å². The first-order valence-electron chi connectivity index (χ1n) is 18.0. The largest absolute Gasteiger partial charge is 0.292 e. The number of fused-ring (bicyclic) bond motifs is 3. The summed E-state index contributed by atoms with van der Waals surface area (Å²) in [6.07, 6.45) is 3.67. The summed E-state index contributed by atoms with van der Waals surface area (Å²) in [5, 5.41) is 4.57. The molecular weight excluding hydrogens is 571 g/mol. The van der Waals surface area contributed by atoms with Crippen LogP contribution < -0.4 is 0 Å². The Balaban J connectivity index is 1.22. The maximum absolute atomic E-state index is 8.71. The van der Waals surface area contributed by atoms with Gasteiger partial charge in [-0.2, -0.15) is 0 Å². The molecule has 220 valence electrons. The van der Waals surface area contributed by atoms with Gasteiger partial charge in [0, 0.05) is 23.6 Å². The third-order valence-corrected chi connectivity index (χ3v) is 8.80. The van der Waals surface area contributed by atoms with Gasteiger partial charge >= 0.3 is 0 Å². The van der Waals surface area contributed by atoms with Crippen molar-refractivity contribution in [3.63, 3.8) is 0 Å². The molecule has 9 aromatic rings. The molecule has 0 spiro atoms. The predicted octanol–water partition coefficient (Wildman–Crippen LogP) is 11.4. The first-order valence-corrected chi connectivity index (χ1v) is 15.5. The van der Waals surface area contributed by atoms with Crippen LogP contribution in [0.5, 0.6) is 0 Å². The van der Waals surface area contributed by atoms with Crippen LogP contribution in [0.4, 0.5) is 0 Å². The Bertz CT molecular complexity index is 2740. The minimum absolute atomic E-state index is 0.0623. The zero-order valence-corrected chi connectivity index (χ0v) is 25.2. The molecule has 0 atom stereocenters. The first kappa shape index (κ1) is 22.2. The van der Waals surface area contributed by atoms with Gasteiger partial charge in [0.05, 0.1) is 17.9 Å². The number of para-hydroxylation sites is 2. The standard InChI is InChI=1S/C44H29N3/c1-2-11-33(12-3-1)44-46-40-18-8-9-19-41(40)47(44)35-26-24-32(25-27-35)43-38-16-6-4-14-36(38)42(37-15-5-7-17-39(37)43)31-22-20-30(21-23-31)34-13-10-28-45-29-34/h1-29H/i1D,2D,3D,11D,12D. The normalized spacial score (nSPS) is 12.9. The number of hydrogen-bond acceptors (Lipinski definition) is 2. The van der Waals surface area contributed by atoms with Gasteiger partial charge in [0.1, 0.15) is 5.82 Å². The molecule has 0 aliphatic heterocycles. The van der Waals surface area contributed by atoms with Crippen LogP contribution in [-0.4, -0.2) is 14.5 Å². The third-order valence-electron chi connectivity index (χ3n) is 8.80. The second-order valence-electron chi connectivity index (χ2n) is 11.5. The Morgan fingerprint density at radius 2 is 1.02 bits per heavy atom. The lowest BCUT2D eigenvalue weighted by molar-refractivity contribution is 1.10. The molecule has 0 unspecified atom stereocenters. The summed E-state index contributed by atoms with van der Waals surface area (Å²) in [4.78, 5) is 9.10. The highest BCUT2D eigenvalue weighted by molar-refractivity contribution is 6.21. The molecule has 0 amide bonds. The Morgan fingerprint density at radius 1 is 0.468 bits per heavy atom. The lowest BCUT2D eigenvalue weighted by atomic mass is 9.85. The van der Waals surface area contributed by atoms with Crippen molar-refractivity contribution in [2.75, 3.05) is 0 Å². The highest BCUT2D eigenvalue weighted by Crippen LogP contribution is 2.44. The summed E-state index contributed by atoms with van der Waals surface area (Å²) in [5.41, 5.74) is 8.91. The number of rotatable bonds is 5. The fourth-order valence-electron chi connectivity index (χ4n) is 6.71. The predicted molar refractivity (Wildman–Crippen MR) is 196 cm³/mol.